The van der Waals surface area contributed by atoms with E-state index in [4.69, 9.17) is 0 Å². The minimum Gasteiger partial charge on any atom is -0.393 e. The van der Waals surface area contributed by atoms with Gasteiger partial charge >= 0.3 is 0 Å². The van der Waals surface area contributed by atoms with Gasteiger partial charge in [0, 0.05) is 18.5 Å². The van der Waals surface area contributed by atoms with Crippen LogP contribution in [-0.4, -0.2) is 35.0 Å². The van der Waals surface area contributed by atoms with Gasteiger partial charge in [0.05, 0.1) is 12.2 Å². The van der Waals surface area contributed by atoms with Gasteiger partial charge in [-0.25, -0.2) is 0 Å². The summed E-state index contributed by atoms with van der Waals surface area (Å²) in [4.78, 5) is 0. The van der Waals surface area contributed by atoms with E-state index < -0.39 is 0 Å². The van der Waals surface area contributed by atoms with Crippen molar-refractivity contribution in [3.8, 4) is 0 Å². The number of hydrogen-bond acceptors (Lipinski definition) is 3. The number of hydrogen-bond donors (Lipinski definition) is 3. The van der Waals surface area contributed by atoms with Crippen molar-refractivity contribution in [2.75, 3.05) is 6.54 Å². The third kappa shape index (κ3) is 7.94. The quantitative estimate of drug-likeness (QED) is 0.450. The van der Waals surface area contributed by atoms with Crippen molar-refractivity contribution in [2.45, 2.75) is 109 Å². The molecule has 3 N–H and O–H groups in total. The van der Waals surface area contributed by atoms with E-state index >= 15 is 0 Å². The first-order valence-electron chi connectivity index (χ1n) is 9.76. The molecule has 0 aromatic carbocycles. The highest BCUT2D eigenvalue weighted by Crippen LogP contribution is 2.22. The first kappa shape index (κ1) is 19.9. The third-order valence-electron chi connectivity index (χ3n) is 5.22. The Balaban J connectivity index is 1.87. The van der Waals surface area contributed by atoms with Crippen LogP contribution in [0.5, 0.6) is 0 Å². The van der Waals surface area contributed by atoms with E-state index in [0.717, 1.165) is 19.4 Å². The van der Waals surface area contributed by atoms with E-state index in [1.165, 1.54) is 64.2 Å². The number of aliphatic hydroxyl groups excluding tert-OH is 2. The Morgan fingerprint density at radius 2 is 1.41 bits per heavy atom. The lowest BCUT2D eigenvalue weighted by atomic mass is 9.92. The van der Waals surface area contributed by atoms with Gasteiger partial charge in [-0.1, -0.05) is 77.6 Å². The zero-order chi connectivity index (χ0) is 16.2. The normalized spacial score (nSPS) is 26.5. The first-order chi connectivity index (χ1) is 10.7. The summed E-state index contributed by atoms with van der Waals surface area (Å²) in [6.45, 7) is 5.00. The fourth-order valence-electron chi connectivity index (χ4n) is 3.53. The van der Waals surface area contributed by atoms with Crippen LogP contribution in [0.25, 0.3) is 0 Å². The molecule has 1 aliphatic rings. The summed E-state index contributed by atoms with van der Waals surface area (Å²) in [6, 6.07) is 0.122. The van der Waals surface area contributed by atoms with Gasteiger partial charge in [0.25, 0.3) is 0 Å². The fraction of sp³-hybridized carbons (Fsp3) is 1.00. The molecule has 0 aromatic rings. The van der Waals surface area contributed by atoms with E-state index in [-0.39, 0.29) is 24.2 Å². The SMILES string of the molecule is CCCCCCCCCCCCC[C@H](O)[C@@H]1CN[C@H](C)[C@H]1O. The van der Waals surface area contributed by atoms with Crippen molar-refractivity contribution >= 4 is 0 Å². The molecule has 1 aliphatic heterocycles. The van der Waals surface area contributed by atoms with Crippen molar-refractivity contribution < 1.29 is 10.2 Å². The van der Waals surface area contributed by atoms with Crippen LogP contribution in [0, 0.1) is 5.92 Å². The smallest absolute Gasteiger partial charge is 0.0755 e. The van der Waals surface area contributed by atoms with Gasteiger partial charge in [-0.15, -0.1) is 0 Å². The molecular formula is C19H39NO2. The summed E-state index contributed by atoms with van der Waals surface area (Å²) >= 11 is 0. The molecule has 0 bridgehead atoms. The van der Waals surface area contributed by atoms with E-state index in [9.17, 15) is 10.2 Å². The van der Waals surface area contributed by atoms with Crippen LogP contribution < -0.4 is 5.32 Å². The van der Waals surface area contributed by atoms with Gasteiger partial charge in [-0.05, 0) is 13.3 Å². The van der Waals surface area contributed by atoms with Crippen molar-refractivity contribution in [1.29, 1.82) is 0 Å². The van der Waals surface area contributed by atoms with Crippen LogP contribution >= 0.6 is 0 Å². The van der Waals surface area contributed by atoms with Crippen molar-refractivity contribution in [1.82, 2.24) is 5.32 Å². The fourth-order valence-corrected chi connectivity index (χ4v) is 3.53. The highest BCUT2D eigenvalue weighted by Gasteiger charge is 2.35. The Morgan fingerprint density at radius 3 is 1.86 bits per heavy atom. The topological polar surface area (TPSA) is 52.5 Å². The molecule has 22 heavy (non-hydrogen) atoms. The highest BCUT2D eigenvalue weighted by atomic mass is 16.3. The van der Waals surface area contributed by atoms with Crippen LogP contribution in [0.2, 0.25) is 0 Å². The number of nitrogens with one attached hydrogen (secondary N) is 1. The summed E-state index contributed by atoms with van der Waals surface area (Å²) in [6.07, 6.45) is 14.8. The lowest BCUT2D eigenvalue weighted by molar-refractivity contribution is 0.0264. The molecule has 3 nitrogen and oxygen atoms in total. The van der Waals surface area contributed by atoms with Crippen molar-refractivity contribution in [2.24, 2.45) is 5.92 Å². The number of rotatable bonds is 13. The number of unbranched alkanes of at least 4 members (excludes halogenated alkanes) is 10. The molecule has 0 radical (unpaired) electrons. The molecule has 0 aliphatic carbocycles. The van der Waals surface area contributed by atoms with E-state index in [1.54, 1.807) is 0 Å². The standard InChI is InChI=1S/C19H39NO2/c1-3-4-5-6-7-8-9-10-11-12-13-14-18(21)17-15-20-16(2)19(17)22/h16-22H,3-15H2,1-2H3/t16-,17+,18+,19-/m1/s1. The average Bonchev–Trinajstić information content (AvgIpc) is 2.84. The summed E-state index contributed by atoms with van der Waals surface area (Å²) in [7, 11) is 0. The predicted molar refractivity (Wildman–Crippen MR) is 94.0 cm³/mol. The maximum Gasteiger partial charge on any atom is 0.0755 e. The zero-order valence-corrected chi connectivity index (χ0v) is 14.9. The summed E-state index contributed by atoms with van der Waals surface area (Å²) in [5.41, 5.74) is 0. The van der Waals surface area contributed by atoms with E-state index in [2.05, 4.69) is 12.2 Å². The molecule has 1 saturated heterocycles. The van der Waals surface area contributed by atoms with Gasteiger partial charge in [-0.3, -0.25) is 0 Å². The molecule has 0 amide bonds. The van der Waals surface area contributed by atoms with Gasteiger partial charge in [0.1, 0.15) is 0 Å². The van der Waals surface area contributed by atoms with Gasteiger partial charge in [0.2, 0.25) is 0 Å². The Morgan fingerprint density at radius 1 is 0.909 bits per heavy atom. The Hall–Kier alpha value is -0.120. The van der Waals surface area contributed by atoms with E-state index in [1.807, 2.05) is 6.92 Å². The van der Waals surface area contributed by atoms with Crippen LogP contribution in [0.4, 0.5) is 0 Å². The molecule has 1 fully saturated rings. The molecule has 0 unspecified atom stereocenters. The minimum absolute atomic E-state index is 0.0260. The third-order valence-corrected chi connectivity index (χ3v) is 5.22. The molecule has 4 atom stereocenters. The van der Waals surface area contributed by atoms with E-state index in [0.29, 0.717) is 0 Å². The molecule has 3 heteroatoms. The minimum atomic E-state index is -0.386. The average molecular weight is 314 g/mol. The molecule has 132 valence electrons. The molecular weight excluding hydrogens is 274 g/mol. The maximum atomic E-state index is 10.2. The van der Waals surface area contributed by atoms with Crippen molar-refractivity contribution in [3.63, 3.8) is 0 Å². The summed E-state index contributed by atoms with van der Waals surface area (Å²) < 4.78 is 0. The second-order valence-electron chi connectivity index (χ2n) is 7.24. The second-order valence-corrected chi connectivity index (χ2v) is 7.24. The zero-order valence-electron chi connectivity index (χ0n) is 14.9. The van der Waals surface area contributed by atoms with Gasteiger partial charge in [-0.2, -0.15) is 0 Å². The lowest BCUT2D eigenvalue weighted by Gasteiger charge is -2.21. The lowest BCUT2D eigenvalue weighted by Crippen LogP contribution is -2.33. The first-order valence-corrected chi connectivity index (χ1v) is 9.76. The highest BCUT2D eigenvalue weighted by molar-refractivity contribution is 4.91. The Labute approximate surface area is 137 Å². The maximum absolute atomic E-state index is 10.2. The predicted octanol–water partition coefficient (Wildman–Crippen LogP) is 4.02. The number of aliphatic hydroxyl groups is 2. The van der Waals surface area contributed by atoms with Crippen LogP contribution in [0.3, 0.4) is 0 Å². The van der Waals surface area contributed by atoms with Gasteiger partial charge in [0.15, 0.2) is 0 Å². The van der Waals surface area contributed by atoms with Crippen LogP contribution in [0.15, 0.2) is 0 Å². The van der Waals surface area contributed by atoms with Crippen LogP contribution in [-0.2, 0) is 0 Å². The molecule has 1 rings (SSSR count). The summed E-state index contributed by atoms with van der Waals surface area (Å²) in [5, 5.41) is 23.4. The molecule has 0 aromatic heterocycles. The van der Waals surface area contributed by atoms with Gasteiger partial charge < -0.3 is 15.5 Å². The largest absolute Gasteiger partial charge is 0.393 e. The van der Waals surface area contributed by atoms with Crippen LogP contribution in [0.1, 0.15) is 90.9 Å². The Kier molecular flexibility index (Phi) is 11.2. The molecule has 1 heterocycles. The molecule has 0 saturated carbocycles. The Bertz CT molecular complexity index is 260. The summed E-state index contributed by atoms with van der Waals surface area (Å²) in [5.74, 6) is 0.0260. The molecule has 0 spiro atoms. The second kappa shape index (κ2) is 12.3. The van der Waals surface area contributed by atoms with Crippen molar-refractivity contribution in [3.05, 3.63) is 0 Å². The monoisotopic (exact) mass is 313 g/mol.